The fraction of sp³-hybridized carbons (Fsp3) is 0.333. The molecule has 0 amide bonds. The third-order valence-electron chi connectivity index (χ3n) is 2.67. The molecular weight excluding hydrogens is 224 g/mol. The Morgan fingerprint density at radius 1 is 1.24 bits per heavy atom. The molecule has 1 aromatic rings. The average Bonchev–Trinajstić information content (AvgIpc) is 2.33. The number of esters is 1. The van der Waals surface area contributed by atoms with Crippen LogP contribution in [-0.2, 0) is 4.74 Å². The van der Waals surface area contributed by atoms with Crippen LogP contribution in [0.3, 0.4) is 0 Å². The van der Waals surface area contributed by atoms with Gasteiger partial charge in [-0.3, -0.25) is 4.79 Å². The second kappa shape index (κ2) is 4.86. The molecule has 0 spiro atoms. The van der Waals surface area contributed by atoms with Gasteiger partial charge >= 0.3 is 5.97 Å². The third-order valence-corrected chi connectivity index (χ3v) is 2.67. The minimum absolute atomic E-state index is 0.0729. The van der Waals surface area contributed by atoms with E-state index in [1.165, 1.54) is 14.2 Å². The molecule has 0 unspecified atom stereocenters. The number of hydrogen-bond acceptors (Lipinski definition) is 5. The van der Waals surface area contributed by atoms with E-state index in [0.29, 0.717) is 17.4 Å². The fourth-order valence-electron chi connectivity index (χ4n) is 1.73. The Labute approximate surface area is 99.0 Å². The number of carbonyl (C=O) groups excluding carboxylic acids is 2. The highest BCUT2D eigenvalue weighted by atomic mass is 16.5. The molecule has 0 saturated carbocycles. The molecule has 0 saturated heterocycles. The summed E-state index contributed by atoms with van der Waals surface area (Å²) >= 11 is 0. The van der Waals surface area contributed by atoms with Gasteiger partial charge in [0.15, 0.2) is 6.29 Å². The van der Waals surface area contributed by atoms with Crippen LogP contribution in [0, 0.1) is 13.8 Å². The smallest absolute Gasteiger partial charge is 0.341 e. The Bertz CT molecular complexity index is 477. The molecule has 0 bridgehead atoms. The molecule has 5 heteroatoms. The van der Waals surface area contributed by atoms with Gasteiger partial charge in [0.25, 0.3) is 0 Å². The summed E-state index contributed by atoms with van der Waals surface area (Å²) in [6.45, 7) is 3.12. The van der Waals surface area contributed by atoms with Gasteiger partial charge in [0, 0.05) is 5.56 Å². The number of rotatable bonds is 3. The highest BCUT2D eigenvalue weighted by Gasteiger charge is 2.24. The molecular formula is C12H14O5. The van der Waals surface area contributed by atoms with Crippen LogP contribution in [0.4, 0.5) is 0 Å². The van der Waals surface area contributed by atoms with Crippen molar-refractivity contribution in [2.24, 2.45) is 0 Å². The Morgan fingerprint density at radius 3 is 2.24 bits per heavy atom. The molecule has 0 aliphatic rings. The standard InChI is InChI=1S/C12H14O5/c1-6-8(5-13)10(14)7(2)11(16-3)9(6)12(15)17-4/h5,14H,1-4H3. The van der Waals surface area contributed by atoms with Gasteiger partial charge in [-0.15, -0.1) is 0 Å². The summed E-state index contributed by atoms with van der Waals surface area (Å²) in [5, 5.41) is 9.81. The monoisotopic (exact) mass is 238 g/mol. The average molecular weight is 238 g/mol. The van der Waals surface area contributed by atoms with Gasteiger partial charge in [-0.05, 0) is 19.4 Å². The lowest BCUT2D eigenvalue weighted by Crippen LogP contribution is -2.10. The molecule has 5 nitrogen and oxygen atoms in total. The van der Waals surface area contributed by atoms with Gasteiger partial charge in [-0.1, -0.05) is 0 Å². The van der Waals surface area contributed by atoms with E-state index in [9.17, 15) is 14.7 Å². The van der Waals surface area contributed by atoms with Gasteiger partial charge in [-0.2, -0.15) is 0 Å². The zero-order valence-electron chi connectivity index (χ0n) is 10.2. The zero-order chi connectivity index (χ0) is 13.2. The lowest BCUT2D eigenvalue weighted by molar-refractivity contribution is 0.0596. The van der Waals surface area contributed by atoms with Crippen molar-refractivity contribution < 1.29 is 24.2 Å². The van der Waals surface area contributed by atoms with Crippen molar-refractivity contribution in [1.29, 1.82) is 0 Å². The first-order valence-electron chi connectivity index (χ1n) is 4.93. The fourth-order valence-corrected chi connectivity index (χ4v) is 1.73. The summed E-state index contributed by atoms with van der Waals surface area (Å²) < 4.78 is 9.72. The normalized spacial score (nSPS) is 9.88. The quantitative estimate of drug-likeness (QED) is 0.639. The van der Waals surface area contributed by atoms with Crippen molar-refractivity contribution in [3.63, 3.8) is 0 Å². The van der Waals surface area contributed by atoms with Crippen LogP contribution in [0.5, 0.6) is 11.5 Å². The summed E-state index contributed by atoms with van der Waals surface area (Å²) in [4.78, 5) is 22.6. The number of phenolic OH excluding ortho intramolecular Hbond substituents is 1. The molecule has 1 aromatic carbocycles. The van der Waals surface area contributed by atoms with E-state index in [1.807, 2.05) is 0 Å². The predicted octanol–water partition coefficient (Wildman–Crippen LogP) is 1.62. The van der Waals surface area contributed by atoms with Crippen LogP contribution in [0.1, 0.15) is 31.8 Å². The Morgan fingerprint density at radius 2 is 1.82 bits per heavy atom. The second-order valence-corrected chi connectivity index (χ2v) is 3.53. The van der Waals surface area contributed by atoms with Crippen molar-refractivity contribution in [3.8, 4) is 11.5 Å². The SMILES string of the molecule is COC(=O)c1c(C)c(C=O)c(O)c(C)c1OC. The van der Waals surface area contributed by atoms with Crippen molar-refractivity contribution in [2.45, 2.75) is 13.8 Å². The minimum atomic E-state index is -0.606. The molecule has 1 rings (SSSR count). The van der Waals surface area contributed by atoms with Crippen LogP contribution in [0.15, 0.2) is 0 Å². The summed E-state index contributed by atoms with van der Waals surface area (Å²) in [6.07, 6.45) is 0.504. The third kappa shape index (κ3) is 1.95. The van der Waals surface area contributed by atoms with Gasteiger partial charge < -0.3 is 14.6 Å². The molecule has 0 heterocycles. The van der Waals surface area contributed by atoms with Gasteiger partial charge in [0.05, 0.1) is 19.8 Å². The lowest BCUT2D eigenvalue weighted by atomic mass is 9.97. The Kier molecular flexibility index (Phi) is 3.73. The maximum atomic E-state index is 11.6. The van der Waals surface area contributed by atoms with E-state index in [1.54, 1.807) is 13.8 Å². The first-order chi connectivity index (χ1) is 7.99. The number of methoxy groups -OCH3 is 2. The number of aldehydes is 1. The van der Waals surface area contributed by atoms with E-state index >= 15 is 0 Å². The molecule has 0 atom stereocenters. The van der Waals surface area contributed by atoms with Crippen molar-refractivity contribution in [1.82, 2.24) is 0 Å². The maximum Gasteiger partial charge on any atom is 0.341 e. The molecule has 1 N–H and O–H groups in total. The van der Waals surface area contributed by atoms with E-state index in [2.05, 4.69) is 4.74 Å². The molecule has 0 aliphatic carbocycles. The lowest BCUT2D eigenvalue weighted by Gasteiger charge is -2.16. The number of benzene rings is 1. The predicted molar refractivity (Wildman–Crippen MR) is 60.9 cm³/mol. The molecule has 0 radical (unpaired) electrons. The molecule has 0 aromatic heterocycles. The summed E-state index contributed by atoms with van der Waals surface area (Å²) in [5.74, 6) is -0.565. The first kappa shape index (κ1) is 13.0. The van der Waals surface area contributed by atoms with Gasteiger partial charge in [0.2, 0.25) is 0 Å². The van der Waals surface area contributed by atoms with Crippen molar-refractivity contribution in [3.05, 3.63) is 22.3 Å². The topological polar surface area (TPSA) is 72.8 Å². The van der Waals surface area contributed by atoms with Crippen molar-refractivity contribution >= 4 is 12.3 Å². The zero-order valence-corrected chi connectivity index (χ0v) is 10.2. The largest absolute Gasteiger partial charge is 0.507 e. The highest BCUT2D eigenvalue weighted by Crippen LogP contribution is 2.37. The molecule has 0 fully saturated rings. The number of aromatic hydroxyl groups is 1. The maximum absolute atomic E-state index is 11.6. The number of hydrogen-bond donors (Lipinski definition) is 1. The summed E-state index contributed by atoms with van der Waals surface area (Å²) in [7, 11) is 2.62. The van der Waals surface area contributed by atoms with E-state index < -0.39 is 5.97 Å². The van der Waals surface area contributed by atoms with E-state index in [-0.39, 0.29) is 22.6 Å². The second-order valence-electron chi connectivity index (χ2n) is 3.53. The highest BCUT2D eigenvalue weighted by molar-refractivity contribution is 5.99. The minimum Gasteiger partial charge on any atom is -0.507 e. The number of phenols is 1. The van der Waals surface area contributed by atoms with Gasteiger partial charge in [0.1, 0.15) is 17.1 Å². The number of carbonyl (C=O) groups is 2. The number of ether oxygens (including phenoxy) is 2. The van der Waals surface area contributed by atoms with Crippen molar-refractivity contribution in [2.75, 3.05) is 14.2 Å². The summed E-state index contributed by atoms with van der Waals surface area (Å²) in [5.41, 5.74) is 0.906. The van der Waals surface area contributed by atoms with E-state index in [0.717, 1.165) is 0 Å². The van der Waals surface area contributed by atoms with Crippen LogP contribution in [0.2, 0.25) is 0 Å². The molecule has 0 aliphatic heterocycles. The van der Waals surface area contributed by atoms with Gasteiger partial charge in [-0.25, -0.2) is 4.79 Å². The first-order valence-corrected chi connectivity index (χ1v) is 4.93. The molecule has 17 heavy (non-hydrogen) atoms. The van der Waals surface area contributed by atoms with E-state index in [4.69, 9.17) is 4.74 Å². The van der Waals surface area contributed by atoms with Crippen LogP contribution < -0.4 is 4.74 Å². The van der Waals surface area contributed by atoms with Crippen LogP contribution in [-0.4, -0.2) is 31.6 Å². The van der Waals surface area contributed by atoms with Crippen LogP contribution >= 0.6 is 0 Å². The molecule has 92 valence electrons. The van der Waals surface area contributed by atoms with Crippen LogP contribution in [0.25, 0.3) is 0 Å². The Balaban J connectivity index is 3.72. The Hall–Kier alpha value is -2.04. The summed E-state index contributed by atoms with van der Waals surface area (Å²) in [6, 6.07) is 0.